The summed E-state index contributed by atoms with van der Waals surface area (Å²) in [5, 5.41) is 3.27. The summed E-state index contributed by atoms with van der Waals surface area (Å²) in [5.74, 6) is -0.0286. The van der Waals surface area contributed by atoms with Crippen LogP contribution < -0.4 is 5.32 Å². The van der Waals surface area contributed by atoms with E-state index in [2.05, 4.69) is 12.2 Å². The van der Waals surface area contributed by atoms with Crippen LogP contribution in [0.2, 0.25) is 0 Å². The van der Waals surface area contributed by atoms with Crippen molar-refractivity contribution in [3.63, 3.8) is 0 Å². The van der Waals surface area contributed by atoms with Crippen LogP contribution in [-0.2, 0) is 4.79 Å². The van der Waals surface area contributed by atoms with Gasteiger partial charge in [-0.2, -0.15) is 13.2 Å². The predicted octanol–water partition coefficient (Wildman–Crippen LogP) is 3.45. The van der Waals surface area contributed by atoms with E-state index in [9.17, 15) is 18.0 Å². The maximum Gasteiger partial charge on any atom is 0.389 e. The lowest BCUT2D eigenvalue weighted by molar-refractivity contribution is -0.140. The molecule has 118 valence electrons. The summed E-state index contributed by atoms with van der Waals surface area (Å²) in [6, 6.07) is -0.211. The van der Waals surface area contributed by atoms with Crippen LogP contribution >= 0.6 is 0 Å². The van der Waals surface area contributed by atoms with Gasteiger partial charge < -0.3 is 4.90 Å². The van der Waals surface area contributed by atoms with Gasteiger partial charge in [-0.25, -0.2) is 0 Å². The largest absolute Gasteiger partial charge is 0.389 e. The number of nitrogens with zero attached hydrogens (tertiary/aromatic N) is 1. The number of carbonyl (C=O) groups is 1. The van der Waals surface area contributed by atoms with Crippen molar-refractivity contribution in [1.29, 1.82) is 0 Å². The minimum absolute atomic E-state index is 0.0162. The highest BCUT2D eigenvalue weighted by molar-refractivity contribution is 5.84. The molecule has 0 aromatic carbocycles. The summed E-state index contributed by atoms with van der Waals surface area (Å²) in [6.45, 7) is 4.27. The first-order valence-corrected chi connectivity index (χ1v) is 7.52. The molecule has 1 rings (SSSR count). The van der Waals surface area contributed by atoms with Crippen molar-refractivity contribution in [3.8, 4) is 0 Å². The molecule has 1 saturated heterocycles. The summed E-state index contributed by atoms with van der Waals surface area (Å²) < 4.78 is 36.6. The Kier molecular flexibility index (Phi) is 6.79. The minimum atomic E-state index is -4.14. The zero-order valence-electron chi connectivity index (χ0n) is 12.3. The van der Waals surface area contributed by atoms with Gasteiger partial charge in [0.2, 0.25) is 5.91 Å². The molecule has 1 amide bonds. The first-order valence-electron chi connectivity index (χ1n) is 7.52. The van der Waals surface area contributed by atoms with Crippen molar-refractivity contribution >= 4 is 5.91 Å². The van der Waals surface area contributed by atoms with Crippen LogP contribution in [0.3, 0.4) is 0 Å². The SMILES string of the molecule is CCCCC1NC(CCC)N(CCCC(F)(F)F)C1=O. The molecule has 0 radical (unpaired) electrons. The van der Waals surface area contributed by atoms with Gasteiger partial charge in [-0.3, -0.25) is 10.1 Å². The fraction of sp³-hybridized carbons (Fsp3) is 0.929. The smallest absolute Gasteiger partial charge is 0.326 e. The molecule has 2 atom stereocenters. The number of unbranched alkanes of at least 4 members (excludes halogenated alkanes) is 1. The highest BCUT2D eigenvalue weighted by Gasteiger charge is 2.38. The van der Waals surface area contributed by atoms with E-state index in [1.807, 2.05) is 6.92 Å². The number of nitrogens with one attached hydrogen (secondary N) is 1. The molecule has 1 heterocycles. The van der Waals surface area contributed by atoms with Gasteiger partial charge in [-0.15, -0.1) is 0 Å². The molecule has 0 bridgehead atoms. The maximum atomic E-state index is 12.2. The number of rotatable bonds is 8. The van der Waals surface area contributed by atoms with E-state index in [1.54, 1.807) is 4.90 Å². The van der Waals surface area contributed by atoms with Crippen LogP contribution in [-0.4, -0.2) is 35.7 Å². The first-order chi connectivity index (χ1) is 9.39. The number of hydrogen-bond donors (Lipinski definition) is 1. The lowest BCUT2D eigenvalue weighted by Crippen LogP contribution is -2.38. The third-order valence-electron chi connectivity index (χ3n) is 3.62. The average Bonchev–Trinajstić information content (AvgIpc) is 2.64. The lowest BCUT2D eigenvalue weighted by atomic mass is 10.1. The Morgan fingerprint density at radius 1 is 1.15 bits per heavy atom. The molecule has 2 unspecified atom stereocenters. The van der Waals surface area contributed by atoms with Crippen LogP contribution in [0.5, 0.6) is 0 Å². The molecule has 0 aromatic rings. The third kappa shape index (κ3) is 5.31. The second-order valence-corrected chi connectivity index (χ2v) is 5.42. The maximum absolute atomic E-state index is 12.2. The van der Waals surface area contributed by atoms with Gasteiger partial charge in [0.05, 0.1) is 12.2 Å². The quantitative estimate of drug-likeness (QED) is 0.743. The molecule has 3 nitrogen and oxygen atoms in total. The molecule has 0 saturated carbocycles. The lowest BCUT2D eigenvalue weighted by Gasteiger charge is -2.24. The van der Waals surface area contributed by atoms with Gasteiger partial charge in [-0.05, 0) is 19.3 Å². The first kappa shape index (κ1) is 17.3. The normalized spacial score (nSPS) is 23.6. The van der Waals surface area contributed by atoms with Gasteiger partial charge in [0.1, 0.15) is 0 Å². The molecular formula is C14H25F3N2O. The molecule has 1 N–H and O–H groups in total. The van der Waals surface area contributed by atoms with Crippen LogP contribution in [0.1, 0.15) is 58.8 Å². The second kappa shape index (κ2) is 7.86. The summed E-state index contributed by atoms with van der Waals surface area (Å²) in [7, 11) is 0. The Labute approximate surface area is 118 Å². The molecule has 0 aliphatic carbocycles. The molecule has 6 heteroatoms. The van der Waals surface area contributed by atoms with Gasteiger partial charge >= 0.3 is 6.18 Å². The van der Waals surface area contributed by atoms with E-state index < -0.39 is 12.6 Å². The van der Waals surface area contributed by atoms with Crippen molar-refractivity contribution in [2.24, 2.45) is 0 Å². The summed E-state index contributed by atoms with van der Waals surface area (Å²) in [6.07, 6.45) is -0.642. The minimum Gasteiger partial charge on any atom is -0.326 e. The second-order valence-electron chi connectivity index (χ2n) is 5.42. The molecule has 0 aromatic heterocycles. The topological polar surface area (TPSA) is 32.3 Å². The van der Waals surface area contributed by atoms with Gasteiger partial charge in [0.25, 0.3) is 0 Å². The number of halogens is 3. The Balaban J connectivity index is 2.53. The van der Waals surface area contributed by atoms with Crippen molar-refractivity contribution in [2.75, 3.05) is 6.54 Å². The highest BCUT2D eigenvalue weighted by atomic mass is 19.4. The van der Waals surface area contributed by atoms with E-state index in [0.29, 0.717) is 0 Å². The number of carbonyl (C=O) groups excluding carboxylic acids is 1. The molecular weight excluding hydrogens is 269 g/mol. The van der Waals surface area contributed by atoms with Crippen molar-refractivity contribution < 1.29 is 18.0 Å². The number of hydrogen-bond acceptors (Lipinski definition) is 2. The molecule has 1 aliphatic heterocycles. The van der Waals surface area contributed by atoms with Gasteiger partial charge in [-0.1, -0.05) is 33.1 Å². The zero-order chi connectivity index (χ0) is 15.2. The Morgan fingerprint density at radius 3 is 2.40 bits per heavy atom. The fourth-order valence-electron chi connectivity index (χ4n) is 2.59. The summed E-state index contributed by atoms with van der Waals surface area (Å²) >= 11 is 0. The van der Waals surface area contributed by atoms with Crippen LogP contribution in [0.15, 0.2) is 0 Å². The Hall–Kier alpha value is -0.780. The van der Waals surface area contributed by atoms with Crippen LogP contribution in [0, 0.1) is 0 Å². The molecule has 0 spiro atoms. The standard InChI is InChI=1S/C14H25F3N2O/c1-3-5-8-11-13(20)19(12(18-11)7-4-2)10-6-9-14(15,16)17/h11-12,18H,3-10H2,1-2H3. The van der Waals surface area contributed by atoms with Crippen LogP contribution in [0.4, 0.5) is 13.2 Å². The fourth-order valence-corrected chi connectivity index (χ4v) is 2.59. The average molecular weight is 294 g/mol. The van der Waals surface area contributed by atoms with E-state index >= 15 is 0 Å². The van der Waals surface area contributed by atoms with Crippen molar-refractivity contribution in [2.45, 2.75) is 77.2 Å². The molecule has 1 aliphatic rings. The van der Waals surface area contributed by atoms with Crippen molar-refractivity contribution in [1.82, 2.24) is 10.2 Å². The zero-order valence-corrected chi connectivity index (χ0v) is 12.3. The van der Waals surface area contributed by atoms with E-state index in [0.717, 1.165) is 32.1 Å². The van der Waals surface area contributed by atoms with E-state index in [4.69, 9.17) is 0 Å². The molecule has 20 heavy (non-hydrogen) atoms. The van der Waals surface area contributed by atoms with Crippen molar-refractivity contribution in [3.05, 3.63) is 0 Å². The van der Waals surface area contributed by atoms with Crippen LogP contribution in [0.25, 0.3) is 0 Å². The third-order valence-corrected chi connectivity index (χ3v) is 3.62. The summed E-state index contributed by atoms with van der Waals surface area (Å²) in [5.41, 5.74) is 0. The monoisotopic (exact) mass is 294 g/mol. The summed E-state index contributed by atoms with van der Waals surface area (Å²) in [4.78, 5) is 13.8. The van der Waals surface area contributed by atoms with Gasteiger partial charge in [0.15, 0.2) is 0 Å². The number of alkyl halides is 3. The van der Waals surface area contributed by atoms with Gasteiger partial charge in [0, 0.05) is 13.0 Å². The predicted molar refractivity (Wildman–Crippen MR) is 72.1 cm³/mol. The highest BCUT2D eigenvalue weighted by Crippen LogP contribution is 2.24. The van der Waals surface area contributed by atoms with E-state index in [1.165, 1.54) is 0 Å². The van der Waals surface area contributed by atoms with E-state index in [-0.39, 0.29) is 31.1 Å². The number of amides is 1. The molecule has 1 fully saturated rings. The Bertz CT molecular complexity index is 307. The Morgan fingerprint density at radius 2 is 1.85 bits per heavy atom.